The molecule has 1 aromatic carbocycles. The zero-order valence-electron chi connectivity index (χ0n) is 14.3. The van der Waals surface area contributed by atoms with Crippen molar-refractivity contribution in [3.05, 3.63) is 35.4 Å². The minimum absolute atomic E-state index is 0.0806. The van der Waals surface area contributed by atoms with E-state index in [2.05, 4.69) is 5.32 Å². The summed E-state index contributed by atoms with van der Waals surface area (Å²) in [6.07, 6.45) is 1.04. The highest BCUT2D eigenvalue weighted by Crippen LogP contribution is 2.19. The molecule has 134 valence electrons. The van der Waals surface area contributed by atoms with Crippen molar-refractivity contribution >= 4 is 17.9 Å². The summed E-state index contributed by atoms with van der Waals surface area (Å²) in [4.78, 5) is 39.0. The highest BCUT2D eigenvalue weighted by molar-refractivity contribution is 5.89. The first-order chi connectivity index (χ1) is 11.9. The van der Waals surface area contributed by atoms with E-state index in [1.807, 2.05) is 31.2 Å². The number of amides is 3. The Morgan fingerprint density at radius 1 is 1.20 bits per heavy atom. The second kappa shape index (κ2) is 7.13. The van der Waals surface area contributed by atoms with Gasteiger partial charge in [-0.3, -0.25) is 9.59 Å². The van der Waals surface area contributed by atoms with Crippen LogP contribution in [0.25, 0.3) is 0 Å². The van der Waals surface area contributed by atoms with E-state index >= 15 is 0 Å². The Hall–Kier alpha value is -2.57. The maximum absolute atomic E-state index is 12.5. The molecule has 0 bridgehead atoms. The number of carboxylic acids is 1. The van der Waals surface area contributed by atoms with E-state index in [0.29, 0.717) is 32.5 Å². The van der Waals surface area contributed by atoms with Crippen LogP contribution >= 0.6 is 0 Å². The van der Waals surface area contributed by atoms with E-state index in [-0.39, 0.29) is 18.5 Å². The molecule has 0 saturated carbocycles. The van der Waals surface area contributed by atoms with Crippen LogP contribution in [0.15, 0.2) is 24.3 Å². The quantitative estimate of drug-likeness (QED) is 0.858. The Bertz CT molecular complexity index is 673. The summed E-state index contributed by atoms with van der Waals surface area (Å²) in [5, 5.41) is 11.8. The molecule has 0 aliphatic carbocycles. The number of rotatable bonds is 4. The summed E-state index contributed by atoms with van der Waals surface area (Å²) in [6.45, 7) is 3.78. The van der Waals surface area contributed by atoms with Crippen LogP contribution in [-0.4, -0.2) is 58.5 Å². The molecule has 2 N–H and O–H groups in total. The van der Waals surface area contributed by atoms with Gasteiger partial charge in [0, 0.05) is 26.2 Å². The Morgan fingerprint density at radius 3 is 2.56 bits per heavy atom. The summed E-state index contributed by atoms with van der Waals surface area (Å²) >= 11 is 0. The highest BCUT2D eigenvalue weighted by atomic mass is 16.4. The molecule has 7 heteroatoms. The molecule has 0 radical (unpaired) electrons. The monoisotopic (exact) mass is 345 g/mol. The third-order valence-corrected chi connectivity index (χ3v) is 4.91. The number of nitrogens with zero attached hydrogens (tertiary/aromatic N) is 2. The van der Waals surface area contributed by atoms with Gasteiger partial charge < -0.3 is 20.2 Å². The Labute approximate surface area is 146 Å². The highest BCUT2D eigenvalue weighted by Gasteiger charge is 2.36. The minimum Gasteiger partial charge on any atom is -0.481 e. The van der Waals surface area contributed by atoms with E-state index in [1.54, 1.807) is 4.90 Å². The van der Waals surface area contributed by atoms with Gasteiger partial charge in [0.05, 0.1) is 5.92 Å². The van der Waals surface area contributed by atoms with Gasteiger partial charge in [-0.05, 0) is 25.3 Å². The van der Waals surface area contributed by atoms with Crippen molar-refractivity contribution in [3.8, 4) is 0 Å². The van der Waals surface area contributed by atoms with Gasteiger partial charge in [0.2, 0.25) is 5.91 Å². The lowest BCUT2D eigenvalue weighted by molar-refractivity contribution is -0.141. The molecule has 25 heavy (non-hydrogen) atoms. The SMILES string of the molecule is Cc1ccc(CN2CC[C@@H](NC(=O)N3CC[C@@H](C(=O)O)C3)C2=O)cc1. The molecular formula is C18H23N3O4. The van der Waals surface area contributed by atoms with Gasteiger partial charge >= 0.3 is 12.0 Å². The van der Waals surface area contributed by atoms with Crippen molar-refractivity contribution in [2.45, 2.75) is 32.4 Å². The molecule has 2 heterocycles. The largest absolute Gasteiger partial charge is 0.481 e. The summed E-state index contributed by atoms with van der Waals surface area (Å²) in [6, 6.07) is 7.17. The zero-order valence-corrected chi connectivity index (χ0v) is 14.3. The van der Waals surface area contributed by atoms with Crippen LogP contribution < -0.4 is 5.32 Å². The number of carboxylic acid groups (broad SMARTS) is 1. The van der Waals surface area contributed by atoms with E-state index in [4.69, 9.17) is 5.11 Å². The molecule has 2 saturated heterocycles. The van der Waals surface area contributed by atoms with Gasteiger partial charge in [-0.25, -0.2) is 4.79 Å². The first kappa shape index (κ1) is 17.3. The molecule has 2 aliphatic heterocycles. The lowest BCUT2D eigenvalue weighted by Gasteiger charge is -2.20. The molecule has 0 unspecified atom stereocenters. The van der Waals surface area contributed by atoms with Gasteiger partial charge in [0.1, 0.15) is 6.04 Å². The lowest BCUT2D eigenvalue weighted by atomic mass is 10.1. The topological polar surface area (TPSA) is 90.0 Å². The fourth-order valence-corrected chi connectivity index (χ4v) is 3.33. The number of carbonyl (C=O) groups is 3. The molecule has 0 aromatic heterocycles. The number of likely N-dealkylation sites (tertiary alicyclic amines) is 2. The van der Waals surface area contributed by atoms with Gasteiger partial charge in [-0.15, -0.1) is 0 Å². The van der Waals surface area contributed by atoms with Crippen molar-refractivity contribution in [2.75, 3.05) is 19.6 Å². The number of urea groups is 1. The van der Waals surface area contributed by atoms with E-state index in [9.17, 15) is 14.4 Å². The zero-order chi connectivity index (χ0) is 18.0. The first-order valence-corrected chi connectivity index (χ1v) is 8.56. The normalized spacial score (nSPS) is 23.2. The van der Waals surface area contributed by atoms with Crippen molar-refractivity contribution in [3.63, 3.8) is 0 Å². The molecule has 2 fully saturated rings. The number of aryl methyl sites for hydroxylation is 1. The maximum atomic E-state index is 12.5. The predicted molar refractivity (Wildman–Crippen MR) is 90.8 cm³/mol. The summed E-state index contributed by atoms with van der Waals surface area (Å²) < 4.78 is 0. The molecule has 7 nitrogen and oxygen atoms in total. The molecular weight excluding hydrogens is 322 g/mol. The molecule has 2 aliphatic rings. The second-order valence-corrected chi connectivity index (χ2v) is 6.81. The van der Waals surface area contributed by atoms with Gasteiger partial charge in [-0.2, -0.15) is 0 Å². The second-order valence-electron chi connectivity index (χ2n) is 6.81. The van der Waals surface area contributed by atoms with E-state index < -0.39 is 17.9 Å². The Morgan fingerprint density at radius 2 is 1.92 bits per heavy atom. The third kappa shape index (κ3) is 3.92. The molecule has 3 rings (SSSR count). The summed E-state index contributed by atoms with van der Waals surface area (Å²) in [5.41, 5.74) is 2.24. The maximum Gasteiger partial charge on any atom is 0.318 e. The number of hydrogen-bond acceptors (Lipinski definition) is 3. The number of benzene rings is 1. The number of hydrogen-bond donors (Lipinski definition) is 2. The van der Waals surface area contributed by atoms with Crippen molar-refractivity contribution in [1.82, 2.24) is 15.1 Å². The Kier molecular flexibility index (Phi) is 4.92. The van der Waals surface area contributed by atoms with Crippen LogP contribution in [0.3, 0.4) is 0 Å². The Balaban J connectivity index is 1.52. The third-order valence-electron chi connectivity index (χ3n) is 4.91. The summed E-state index contributed by atoms with van der Waals surface area (Å²) in [7, 11) is 0. The predicted octanol–water partition coefficient (Wildman–Crippen LogP) is 1.21. The van der Waals surface area contributed by atoms with Gasteiger partial charge in [-0.1, -0.05) is 29.8 Å². The van der Waals surface area contributed by atoms with Crippen LogP contribution in [0, 0.1) is 12.8 Å². The minimum atomic E-state index is -0.878. The average molecular weight is 345 g/mol. The smallest absolute Gasteiger partial charge is 0.318 e. The van der Waals surface area contributed by atoms with Crippen LogP contribution in [-0.2, 0) is 16.1 Å². The standard InChI is InChI=1S/C18H23N3O4/c1-12-2-4-13(5-3-12)10-20-9-7-15(16(20)22)19-18(25)21-8-6-14(11-21)17(23)24/h2-5,14-15H,6-11H2,1H3,(H,19,25)(H,23,24)/t14-,15-/m1/s1. The van der Waals surface area contributed by atoms with Crippen LogP contribution in [0.5, 0.6) is 0 Å². The van der Waals surface area contributed by atoms with Crippen LogP contribution in [0.4, 0.5) is 4.79 Å². The fraction of sp³-hybridized carbons (Fsp3) is 0.500. The average Bonchev–Trinajstić information content (AvgIpc) is 3.19. The summed E-state index contributed by atoms with van der Waals surface area (Å²) in [5.74, 6) is -1.47. The fourth-order valence-electron chi connectivity index (χ4n) is 3.33. The number of aliphatic carboxylic acids is 1. The van der Waals surface area contributed by atoms with Crippen LogP contribution in [0.2, 0.25) is 0 Å². The van der Waals surface area contributed by atoms with Crippen LogP contribution in [0.1, 0.15) is 24.0 Å². The number of nitrogens with one attached hydrogen (secondary N) is 1. The molecule has 3 amide bonds. The van der Waals surface area contributed by atoms with E-state index in [1.165, 1.54) is 10.5 Å². The lowest BCUT2D eigenvalue weighted by Crippen LogP contribution is -2.47. The molecule has 1 aromatic rings. The molecule has 0 spiro atoms. The number of carbonyl (C=O) groups excluding carboxylic acids is 2. The van der Waals surface area contributed by atoms with Gasteiger partial charge in [0.25, 0.3) is 0 Å². The van der Waals surface area contributed by atoms with E-state index in [0.717, 1.165) is 5.56 Å². The molecule has 2 atom stereocenters. The van der Waals surface area contributed by atoms with Crippen molar-refractivity contribution in [2.24, 2.45) is 5.92 Å². The van der Waals surface area contributed by atoms with Gasteiger partial charge in [0.15, 0.2) is 0 Å². The van der Waals surface area contributed by atoms with Crippen molar-refractivity contribution in [1.29, 1.82) is 0 Å². The van der Waals surface area contributed by atoms with Crippen molar-refractivity contribution < 1.29 is 19.5 Å². The first-order valence-electron chi connectivity index (χ1n) is 8.56.